The van der Waals surface area contributed by atoms with Crippen LogP contribution in [0.3, 0.4) is 0 Å². The van der Waals surface area contributed by atoms with Gasteiger partial charge in [0, 0.05) is 30.2 Å². The van der Waals surface area contributed by atoms with Crippen molar-refractivity contribution in [3.63, 3.8) is 0 Å². The molecule has 5 rings (SSSR count). The largest absolute Gasteiger partial charge is 0.457 e. The van der Waals surface area contributed by atoms with Gasteiger partial charge in [-0.3, -0.25) is 9.89 Å². The molecule has 2 aromatic carbocycles. The minimum Gasteiger partial charge on any atom is -0.457 e. The lowest BCUT2D eigenvalue weighted by Crippen LogP contribution is -2.37. The van der Waals surface area contributed by atoms with Crippen LogP contribution in [-0.2, 0) is 24.2 Å². The highest BCUT2D eigenvalue weighted by atomic mass is 16.5. The number of amides is 1. The number of aromatic amines is 1. The molecule has 144 valence electrons. The van der Waals surface area contributed by atoms with Crippen molar-refractivity contribution in [3.8, 4) is 11.5 Å². The van der Waals surface area contributed by atoms with Crippen LogP contribution in [0.5, 0.6) is 11.5 Å². The van der Waals surface area contributed by atoms with E-state index in [-0.39, 0.29) is 5.91 Å². The molecule has 6 nitrogen and oxygen atoms in total. The molecule has 0 unspecified atom stereocenters. The molecule has 0 fully saturated rings. The summed E-state index contributed by atoms with van der Waals surface area (Å²) in [6.45, 7) is 1.27. The zero-order valence-electron chi connectivity index (χ0n) is 15.8. The molecule has 0 aliphatic carbocycles. The SMILES string of the molecule is O=C(Cc1ccccc1Oc1ccccc1)N1CCc2c(cnc3[nH]ncc23)C1. The van der Waals surface area contributed by atoms with Gasteiger partial charge in [0.1, 0.15) is 11.5 Å². The first-order valence-electron chi connectivity index (χ1n) is 9.66. The van der Waals surface area contributed by atoms with Crippen molar-refractivity contribution < 1.29 is 9.53 Å². The molecule has 0 atom stereocenters. The van der Waals surface area contributed by atoms with E-state index in [1.165, 1.54) is 5.56 Å². The molecule has 29 heavy (non-hydrogen) atoms. The number of ether oxygens (including phenoxy) is 1. The number of fused-ring (bicyclic) bond motifs is 3. The van der Waals surface area contributed by atoms with Crippen molar-refractivity contribution in [3.05, 3.63) is 83.7 Å². The first-order valence-corrected chi connectivity index (χ1v) is 9.66. The predicted molar refractivity (Wildman–Crippen MR) is 110 cm³/mol. The smallest absolute Gasteiger partial charge is 0.227 e. The highest BCUT2D eigenvalue weighted by Gasteiger charge is 2.24. The third kappa shape index (κ3) is 3.45. The van der Waals surface area contributed by atoms with E-state index in [0.29, 0.717) is 25.3 Å². The number of pyridine rings is 1. The number of hydrogen-bond donors (Lipinski definition) is 1. The number of carbonyl (C=O) groups is 1. The number of rotatable bonds is 4. The van der Waals surface area contributed by atoms with Gasteiger partial charge in [-0.2, -0.15) is 5.10 Å². The topological polar surface area (TPSA) is 71.1 Å². The molecule has 0 radical (unpaired) electrons. The van der Waals surface area contributed by atoms with E-state index in [2.05, 4.69) is 15.2 Å². The molecule has 4 aromatic rings. The highest BCUT2D eigenvalue weighted by molar-refractivity contribution is 5.82. The van der Waals surface area contributed by atoms with Gasteiger partial charge in [-0.1, -0.05) is 36.4 Å². The third-order valence-corrected chi connectivity index (χ3v) is 5.31. The Morgan fingerprint density at radius 3 is 2.79 bits per heavy atom. The second kappa shape index (κ2) is 7.39. The van der Waals surface area contributed by atoms with E-state index in [9.17, 15) is 4.79 Å². The fourth-order valence-corrected chi connectivity index (χ4v) is 3.81. The van der Waals surface area contributed by atoms with Crippen molar-refractivity contribution in [2.45, 2.75) is 19.4 Å². The molecule has 0 bridgehead atoms. The van der Waals surface area contributed by atoms with Crippen LogP contribution in [0.2, 0.25) is 0 Å². The lowest BCUT2D eigenvalue weighted by atomic mass is 9.98. The maximum absolute atomic E-state index is 13.0. The average molecular weight is 384 g/mol. The minimum absolute atomic E-state index is 0.0899. The Morgan fingerprint density at radius 1 is 1.07 bits per heavy atom. The van der Waals surface area contributed by atoms with Crippen molar-refractivity contribution >= 4 is 16.9 Å². The van der Waals surface area contributed by atoms with Crippen LogP contribution in [-0.4, -0.2) is 32.5 Å². The summed E-state index contributed by atoms with van der Waals surface area (Å²) in [6, 6.07) is 17.3. The summed E-state index contributed by atoms with van der Waals surface area (Å²) >= 11 is 0. The summed E-state index contributed by atoms with van der Waals surface area (Å²) in [7, 11) is 0. The molecule has 1 aliphatic heterocycles. The average Bonchev–Trinajstić information content (AvgIpc) is 3.25. The van der Waals surface area contributed by atoms with E-state index in [1.807, 2.05) is 71.9 Å². The summed E-state index contributed by atoms with van der Waals surface area (Å²) in [4.78, 5) is 19.3. The Labute approximate surface area is 168 Å². The van der Waals surface area contributed by atoms with Gasteiger partial charge >= 0.3 is 0 Å². The number of para-hydroxylation sites is 2. The number of aromatic nitrogens is 3. The van der Waals surface area contributed by atoms with Crippen molar-refractivity contribution in [2.24, 2.45) is 0 Å². The maximum atomic E-state index is 13.0. The quantitative estimate of drug-likeness (QED) is 0.580. The fourth-order valence-electron chi connectivity index (χ4n) is 3.81. The van der Waals surface area contributed by atoms with Gasteiger partial charge in [0.2, 0.25) is 5.91 Å². The molecule has 6 heteroatoms. The second-order valence-electron chi connectivity index (χ2n) is 7.16. The number of nitrogens with one attached hydrogen (secondary N) is 1. The van der Waals surface area contributed by atoms with Gasteiger partial charge in [0.25, 0.3) is 0 Å². The van der Waals surface area contributed by atoms with Crippen molar-refractivity contribution in [2.75, 3.05) is 6.54 Å². The molecule has 0 saturated carbocycles. The normalized spacial score (nSPS) is 13.3. The van der Waals surface area contributed by atoms with Crippen LogP contribution in [0, 0.1) is 0 Å². The number of H-pyrrole nitrogens is 1. The Kier molecular flexibility index (Phi) is 4.44. The Balaban J connectivity index is 1.33. The van der Waals surface area contributed by atoms with Gasteiger partial charge in [-0.25, -0.2) is 4.98 Å². The number of nitrogens with zero attached hydrogens (tertiary/aromatic N) is 3. The van der Waals surface area contributed by atoms with Crippen LogP contribution in [0.4, 0.5) is 0 Å². The fraction of sp³-hybridized carbons (Fsp3) is 0.174. The van der Waals surface area contributed by atoms with Crippen molar-refractivity contribution in [1.82, 2.24) is 20.1 Å². The first-order chi connectivity index (χ1) is 14.3. The zero-order chi connectivity index (χ0) is 19.6. The van der Waals surface area contributed by atoms with E-state index >= 15 is 0 Å². The third-order valence-electron chi connectivity index (χ3n) is 5.31. The van der Waals surface area contributed by atoms with Gasteiger partial charge in [-0.05, 0) is 35.7 Å². The van der Waals surface area contributed by atoms with Gasteiger partial charge < -0.3 is 9.64 Å². The van der Waals surface area contributed by atoms with Gasteiger partial charge in [-0.15, -0.1) is 0 Å². The Hall–Kier alpha value is -3.67. The number of hydrogen-bond acceptors (Lipinski definition) is 4. The van der Waals surface area contributed by atoms with Crippen molar-refractivity contribution in [1.29, 1.82) is 0 Å². The molecular weight excluding hydrogens is 364 g/mol. The van der Waals surface area contributed by atoms with Gasteiger partial charge in [0.05, 0.1) is 12.6 Å². The Morgan fingerprint density at radius 2 is 1.90 bits per heavy atom. The molecule has 1 aliphatic rings. The Bertz CT molecular complexity index is 1170. The first kappa shape index (κ1) is 17.4. The monoisotopic (exact) mass is 384 g/mol. The van der Waals surface area contributed by atoms with E-state index < -0.39 is 0 Å². The molecule has 0 spiro atoms. The molecular formula is C23H20N4O2. The van der Waals surface area contributed by atoms with Gasteiger partial charge in [0.15, 0.2) is 5.65 Å². The van der Waals surface area contributed by atoms with Crippen LogP contribution >= 0.6 is 0 Å². The van der Waals surface area contributed by atoms with Crippen LogP contribution in [0.15, 0.2) is 67.0 Å². The van der Waals surface area contributed by atoms with E-state index in [1.54, 1.807) is 0 Å². The number of benzene rings is 2. The molecule has 1 N–H and O–H groups in total. The summed E-state index contributed by atoms with van der Waals surface area (Å²) in [5, 5.41) is 8.04. The maximum Gasteiger partial charge on any atom is 0.227 e. The number of carbonyl (C=O) groups excluding carboxylic acids is 1. The highest BCUT2D eigenvalue weighted by Crippen LogP contribution is 2.28. The lowest BCUT2D eigenvalue weighted by Gasteiger charge is -2.29. The molecule has 1 amide bonds. The van der Waals surface area contributed by atoms with Crippen LogP contribution < -0.4 is 4.74 Å². The molecule has 3 heterocycles. The standard InChI is InChI=1S/C23H20N4O2/c28-22(12-16-6-4-5-9-21(16)29-18-7-2-1-3-8-18)27-11-10-19-17(15-27)13-24-23-20(19)14-25-26-23/h1-9,13-14H,10-12,15H2,(H,24,25,26). The molecule has 2 aromatic heterocycles. The van der Waals surface area contributed by atoms with E-state index in [4.69, 9.17) is 4.74 Å². The van der Waals surface area contributed by atoms with Crippen LogP contribution in [0.25, 0.3) is 11.0 Å². The summed E-state index contributed by atoms with van der Waals surface area (Å²) in [5.74, 6) is 1.56. The summed E-state index contributed by atoms with van der Waals surface area (Å²) < 4.78 is 6.00. The summed E-state index contributed by atoms with van der Waals surface area (Å²) in [6.07, 6.45) is 4.78. The van der Waals surface area contributed by atoms with E-state index in [0.717, 1.165) is 34.3 Å². The predicted octanol–water partition coefficient (Wildman–Crippen LogP) is 3.88. The zero-order valence-corrected chi connectivity index (χ0v) is 15.8. The molecule has 0 saturated heterocycles. The second-order valence-corrected chi connectivity index (χ2v) is 7.16. The minimum atomic E-state index is 0.0899. The lowest BCUT2D eigenvalue weighted by molar-refractivity contribution is -0.131. The van der Waals surface area contributed by atoms with Crippen LogP contribution in [0.1, 0.15) is 16.7 Å². The summed E-state index contributed by atoms with van der Waals surface area (Å²) in [5.41, 5.74) is 4.01.